The van der Waals surface area contributed by atoms with Gasteiger partial charge in [0.15, 0.2) is 0 Å². The fourth-order valence-corrected chi connectivity index (χ4v) is 7.27. The number of aromatic hydroxyl groups is 1. The third kappa shape index (κ3) is 3.35. The minimum absolute atomic E-state index is 0.0793. The smallest absolute Gasteiger partial charge is 0.223 e. The third-order valence-electron chi connectivity index (χ3n) is 8.98. The summed E-state index contributed by atoms with van der Waals surface area (Å²) in [5.74, 6) is 1.57. The Labute approximate surface area is 191 Å². The number of benzene rings is 2. The number of hydrogen-bond acceptors (Lipinski definition) is 3. The summed E-state index contributed by atoms with van der Waals surface area (Å²) in [6, 6.07) is 16.2. The zero-order valence-corrected chi connectivity index (χ0v) is 18.9. The Morgan fingerprint density at radius 1 is 1.09 bits per heavy atom. The number of piperidine rings is 1. The summed E-state index contributed by atoms with van der Waals surface area (Å²) in [5, 5.41) is 13.5. The van der Waals surface area contributed by atoms with Crippen LogP contribution in [-0.2, 0) is 23.2 Å². The molecule has 168 valence electrons. The van der Waals surface area contributed by atoms with Gasteiger partial charge in [0.05, 0.1) is 0 Å². The summed E-state index contributed by atoms with van der Waals surface area (Å²) < 4.78 is 0. The number of phenolic OH excluding ortho intramolecular Hbond substituents is 1. The van der Waals surface area contributed by atoms with Crippen LogP contribution in [0.1, 0.15) is 55.2 Å². The van der Waals surface area contributed by atoms with Crippen LogP contribution in [0.3, 0.4) is 0 Å². The van der Waals surface area contributed by atoms with Gasteiger partial charge in [-0.05, 0) is 91.6 Å². The molecule has 1 saturated heterocycles. The number of nitrogens with zero attached hydrogens (tertiary/aromatic N) is 1. The van der Waals surface area contributed by atoms with Crippen molar-refractivity contribution in [2.45, 2.75) is 56.9 Å². The molecule has 4 heteroatoms. The van der Waals surface area contributed by atoms with E-state index in [1.54, 1.807) is 0 Å². The predicted octanol–water partition coefficient (Wildman–Crippen LogP) is 4.40. The molecule has 3 aliphatic carbocycles. The molecule has 1 unspecified atom stereocenters. The van der Waals surface area contributed by atoms with E-state index in [0.717, 1.165) is 56.7 Å². The first kappa shape index (κ1) is 20.3. The number of rotatable bonds is 5. The number of fused-ring (bicyclic) bond motifs is 1. The van der Waals surface area contributed by atoms with Crippen molar-refractivity contribution in [3.8, 4) is 5.75 Å². The van der Waals surface area contributed by atoms with Crippen LogP contribution in [0.25, 0.3) is 0 Å². The van der Waals surface area contributed by atoms with Gasteiger partial charge in [-0.2, -0.15) is 0 Å². The normalized spacial score (nSPS) is 31.4. The fourth-order valence-electron chi connectivity index (χ4n) is 7.27. The molecular formula is C28H34N2O2. The Morgan fingerprint density at radius 3 is 2.75 bits per heavy atom. The van der Waals surface area contributed by atoms with E-state index >= 15 is 0 Å². The molecule has 4 aliphatic rings. The molecule has 2 saturated carbocycles. The Balaban J connectivity index is 1.26. The maximum absolute atomic E-state index is 13.3. The minimum atomic E-state index is 0.0793. The summed E-state index contributed by atoms with van der Waals surface area (Å²) in [7, 11) is 0. The lowest BCUT2D eigenvalue weighted by molar-refractivity contribution is -0.131. The summed E-state index contributed by atoms with van der Waals surface area (Å²) in [5.41, 5.74) is 4.18. The Bertz CT molecular complexity index is 1020. The van der Waals surface area contributed by atoms with Crippen LogP contribution in [-0.4, -0.2) is 35.5 Å². The molecule has 3 fully saturated rings. The quantitative estimate of drug-likeness (QED) is 0.739. The van der Waals surface area contributed by atoms with Crippen molar-refractivity contribution < 1.29 is 9.90 Å². The number of hydrogen-bond donors (Lipinski definition) is 2. The van der Waals surface area contributed by atoms with Crippen molar-refractivity contribution in [3.05, 3.63) is 65.2 Å². The van der Waals surface area contributed by atoms with Crippen LogP contribution < -0.4 is 5.32 Å². The summed E-state index contributed by atoms with van der Waals surface area (Å²) in [6.45, 7) is 4.08. The zero-order chi connectivity index (χ0) is 21.8. The molecule has 2 aromatic rings. The molecular weight excluding hydrogens is 396 g/mol. The van der Waals surface area contributed by atoms with E-state index in [1.165, 1.54) is 30.5 Å². The molecule has 3 atom stereocenters. The highest BCUT2D eigenvalue weighted by atomic mass is 16.3. The highest BCUT2D eigenvalue weighted by Gasteiger charge is 2.62. The first-order valence-corrected chi connectivity index (χ1v) is 12.4. The van der Waals surface area contributed by atoms with E-state index in [4.69, 9.17) is 0 Å². The molecule has 0 spiro atoms. The number of likely N-dealkylation sites (tertiary alicyclic amines) is 1. The predicted molar refractivity (Wildman–Crippen MR) is 125 cm³/mol. The minimum Gasteiger partial charge on any atom is -0.508 e. The second-order valence-electron chi connectivity index (χ2n) is 11.0. The Hall–Kier alpha value is -2.33. The topological polar surface area (TPSA) is 52.6 Å². The molecule has 1 amide bonds. The molecule has 1 aliphatic heterocycles. The van der Waals surface area contributed by atoms with Crippen molar-refractivity contribution in [1.82, 2.24) is 10.2 Å². The first-order valence-electron chi connectivity index (χ1n) is 12.4. The van der Waals surface area contributed by atoms with Crippen LogP contribution >= 0.6 is 0 Å². The fraction of sp³-hybridized carbons (Fsp3) is 0.536. The van der Waals surface area contributed by atoms with Crippen LogP contribution in [0.2, 0.25) is 0 Å². The van der Waals surface area contributed by atoms with Crippen LogP contribution in [0.15, 0.2) is 48.5 Å². The van der Waals surface area contributed by atoms with Crippen molar-refractivity contribution >= 4 is 5.91 Å². The van der Waals surface area contributed by atoms with Gasteiger partial charge < -0.3 is 15.3 Å². The number of carbonyl (C=O) groups is 1. The summed E-state index contributed by atoms with van der Waals surface area (Å²) >= 11 is 0. The average Bonchev–Trinajstić information content (AvgIpc) is 3.57. The number of phenols is 1. The van der Waals surface area contributed by atoms with Gasteiger partial charge in [0.25, 0.3) is 0 Å². The van der Waals surface area contributed by atoms with Gasteiger partial charge in [0.2, 0.25) is 5.91 Å². The zero-order valence-electron chi connectivity index (χ0n) is 18.9. The summed E-state index contributed by atoms with van der Waals surface area (Å²) in [6.07, 6.45) is 7.94. The molecule has 32 heavy (non-hydrogen) atoms. The number of amides is 1. The molecule has 6 rings (SSSR count). The van der Waals surface area contributed by atoms with Crippen molar-refractivity contribution in [3.63, 3.8) is 0 Å². The van der Waals surface area contributed by atoms with Gasteiger partial charge in [0, 0.05) is 31.0 Å². The highest BCUT2D eigenvalue weighted by Crippen LogP contribution is 2.64. The SMILES string of the molecule is O=C(NCc1ccccc1)[C@H]1CCC23CCN(CC4CC4)C[C@]2(Cc2ccc(O)cc23)C1. The lowest BCUT2D eigenvalue weighted by atomic mass is 9.51. The van der Waals surface area contributed by atoms with Crippen molar-refractivity contribution in [2.24, 2.45) is 17.3 Å². The monoisotopic (exact) mass is 430 g/mol. The third-order valence-corrected chi connectivity index (χ3v) is 8.98. The lowest BCUT2D eigenvalue weighted by Gasteiger charge is -2.57. The van der Waals surface area contributed by atoms with Crippen molar-refractivity contribution in [2.75, 3.05) is 19.6 Å². The average molecular weight is 431 g/mol. The van der Waals surface area contributed by atoms with E-state index in [1.807, 2.05) is 30.3 Å². The largest absolute Gasteiger partial charge is 0.508 e. The molecule has 4 nitrogen and oxygen atoms in total. The van der Waals surface area contributed by atoms with Gasteiger partial charge >= 0.3 is 0 Å². The van der Waals surface area contributed by atoms with Gasteiger partial charge in [-0.1, -0.05) is 36.4 Å². The summed E-state index contributed by atoms with van der Waals surface area (Å²) in [4.78, 5) is 16.0. The van der Waals surface area contributed by atoms with E-state index in [2.05, 4.69) is 28.4 Å². The first-order chi connectivity index (χ1) is 15.6. The maximum atomic E-state index is 13.3. The van der Waals surface area contributed by atoms with E-state index in [9.17, 15) is 9.90 Å². The lowest BCUT2D eigenvalue weighted by Crippen LogP contribution is -2.60. The van der Waals surface area contributed by atoms with Crippen LogP contribution in [0, 0.1) is 17.3 Å². The standard InChI is InChI=1S/C28H34N2O2/c31-24-9-8-22-15-27-16-23(26(32)29-17-20-4-2-1-3-5-20)10-11-28(27,25(22)14-24)12-13-30(19-27)18-21-6-7-21/h1-5,8-9,14,21,23,31H,6-7,10-13,15-19H2,(H,29,32)/t23-,27-,28?/m0/s1. The maximum Gasteiger partial charge on any atom is 0.223 e. The Morgan fingerprint density at radius 2 is 1.94 bits per heavy atom. The molecule has 0 aromatic heterocycles. The second kappa shape index (κ2) is 7.62. The number of carbonyl (C=O) groups excluding carboxylic acids is 1. The molecule has 1 heterocycles. The van der Waals surface area contributed by atoms with E-state index < -0.39 is 0 Å². The van der Waals surface area contributed by atoms with Gasteiger partial charge in [-0.3, -0.25) is 4.79 Å². The molecule has 0 radical (unpaired) electrons. The molecule has 2 N–H and O–H groups in total. The van der Waals surface area contributed by atoms with Gasteiger partial charge in [-0.25, -0.2) is 0 Å². The van der Waals surface area contributed by atoms with Crippen LogP contribution in [0.4, 0.5) is 0 Å². The Kier molecular flexibility index (Phi) is 4.83. The van der Waals surface area contributed by atoms with Crippen LogP contribution in [0.5, 0.6) is 5.75 Å². The molecule has 0 bridgehead atoms. The van der Waals surface area contributed by atoms with Crippen molar-refractivity contribution in [1.29, 1.82) is 0 Å². The number of nitrogens with one attached hydrogen (secondary N) is 1. The molecule has 2 aromatic carbocycles. The van der Waals surface area contributed by atoms with E-state index in [-0.39, 0.29) is 22.7 Å². The second-order valence-corrected chi connectivity index (χ2v) is 11.0. The highest BCUT2D eigenvalue weighted by molar-refractivity contribution is 5.79. The van der Waals surface area contributed by atoms with Gasteiger partial charge in [-0.15, -0.1) is 0 Å². The van der Waals surface area contributed by atoms with Gasteiger partial charge in [0.1, 0.15) is 5.75 Å². The van der Waals surface area contributed by atoms with E-state index in [0.29, 0.717) is 12.3 Å².